The molecule has 2 aromatic rings. The van der Waals surface area contributed by atoms with E-state index in [4.69, 9.17) is 0 Å². The number of rotatable bonds is 5. The first-order valence-corrected chi connectivity index (χ1v) is 6.73. The van der Waals surface area contributed by atoms with Crippen molar-refractivity contribution in [3.05, 3.63) is 60.2 Å². The number of carbonyl (C=O) groups excluding carboxylic acids is 1. The number of nitrogens with one attached hydrogen (secondary N) is 1. The lowest BCUT2D eigenvalue weighted by Gasteiger charge is -2.18. The van der Waals surface area contributed by atoms with E-state index in [0.29, 0.717) is 6.54 Å². The number of amides is 1. The average molecular weight is 268 g/mol. The van der Waals surface area contributed by atoms with Gasteiger partial charge in [0.1, 0.15) is 0 Å². The first-order chi connectivity index (χ1) is 9.70. The van der Waals surface area contributed by atoms with Crippen molar-refractivity contribution < 1.29 is 4.79 Å². The van der Waals surface area contributed by atoms with Gasteiger partial charge < -0.3 is 5.32 Å². The number of nitrogens with zero attached hydrogens (tertiary/aromatic N) is 1. The van der Waals surface area contributed by atoms with Crippen LogP contribution >= 0.6 is 0 Å². The number of hydrogen-bond donors (Lipinski definition) is 1. The van der Waals surface area contributed by atoms with Gasteiger partial charge in [-0.25, -0.2) is 0 Å². The molecule has 0 heterocycles. The molecular weight excluding hydrogens is 248 g/mol. The van der Waals surface area contributed by atoms with E-state index in [1.54, 1.807) is 7.05 Å². The predicted octanol–water partition coefficient (Wildman–Crippen LogP) is 2.53. The fourth-order valence-corrected chi connectivity index (χ4v) is 2.23. The first kappa shape index (κ1) is 14.3. The molecule has 2 aromatic carbocycles. The largest absolute Gasteiger partial charge is 0.358 e. The second-order valence-corrected chi connectivity index (χ2v) is 4.87. The second-order valence-electron chi connectivity index (χ2n) is 4.87. The molecule has 0 atom stereocenters. The average Bonchev–Trinajstić information content (AvgIpc) is 2.48. The van der Waals surface area contributed by atoms with E-state index in [0.717, 1.165) is 6.54 Å². The lowest BCUT2D eigenvalue weighted by molar-refractivity contribution is -0.121. The molecule has 3 nitrogen and oxygen atoms in total. The van der Waals surface area contributed by atoms with E-state index in [2.05, 4.69) is 29.6 Å². The van der Waals surface area contributed by atoms with E-state index in [1.807, 2.05) is 42.3 Å². The Bertz CT molecular complexity index is 566. The third kappa shape index (κ3) is 3.68. The molecule has 0 saturated heterocycles. The van der Waals surface area contributed by atoms with Crippen LogP contribution in [0.2, 0.25) is 0 Å². The molecule has 3 heteroatoms. The maximum Gasteiger partial charge on any atom is 0.233 e. The van der Waals surface area contributed by atoms with Crippen LogP contribution in [0.25, 0.3) is 11.1 Å². The number of benzene rings is 2. The third-order valence-electron chi connectivity index (χ3n) is 3.23. The molecule has 0 aliphatic rings. The summed E-state index contributed by atoms with van der Waals surface area (Å²) in [5.74, 6) is 0.0321. The zero-order valence-corrected chi connectivity index (χ0v) is 12.0. The minimum Gasteiger partial charge on any atom is -0.358 e. The molecule has 0 unspecified atom stereocenters. The van der Waals surface area contributed by atoms with Crippen molar-refractivity contribution >= 4 is 5.91 Å². The summed E-state index contributed by atoms with van der Waals surface area (Å²) in [5, 5.41) is 2.65. The van der Waals surface area contributed by atoms with Gasteiger partial charge in [0.2, 0.25) is 5.91 Å². The topological polar surface area (TPSA) is 32.3 Å². The molecular formula is C17H20N2O. The Labute approximate surface area is 120 Å². The predicted molar refractivity (Wildman–Crippen MR) is 82.3 cm³/mol. The number of likely N-dealkylation sites (N-methyl/N-ethyl adjacent to an activating group) is 2. The van der Waals surface area contributed by atoms with Crippen molar-refractivity contribution in [1.29, 1.82) is 0 Å². The smallest absolute Gasteiger partial charge is 0.233 e. The van der Waals surface area contributed by atoms with Gasteiger partial charge in [0, 0.05) is 13.6 Å². The monoisotopic (exact) mass is 268 g/mol. The lowest BCUT2D eigenvalue weighted by atomic mass is 9.99. The van der Waals surface area contributed by atoms with Gasteiger partial charge in [0.25, 0.3) is 0 Å². The van der Waals surface area contributed by atoms with E-state index in [-0.39, 0.29) is 5.91 Å². The molecule has 104 valence electrons. The normalized spacial score (nSPS) is 10.6. The van der Waals surface area contributed by atoms with Crippen LogP contribution in [-0.4, -0.2) is 31.4 Å². The number of hydrogen-bond acceptors (Lipinski definition) is 2. The highest BCUT2D eigenvalue weighted by Crippen LogP contribution is 2.24. The minimum atomic E-state index is 0.0321. The Hall–Kier alpha value is -2.13. The van der Waals surface area contributed by atoms with Crippen LogP contribution in [0.5, 0.6) is 0 Å². The zero-order chi connectivity index (χ0) is 14.4. The van der Waals surface area contributed by atoms with Gasteiger partial charge in [-0.3, -0.25) is 9.69 Å². The summed E-state index contributed by atoms with van der Waals surface area (Å²) in [5.41, 5.74) is 3.65. The van der Waals surface area contributed by atoms with Crippen molar-refractivity contribution in [3.63, 3.8) is 0 Å². The van der Waals surface area contributed by atoms with Crippen molar-refractivity contribution in [2.45, 2.75) is 6.54 Å². The summed E-state index contributed by atoms with van der Waals surface area (Å²) >= 11 is 0. The molecule has 0 fully saturated rings. The van der Waals surface area contributed by atoms with E-state index < -0.39 is 0 Å². The first-order valence-electron chi connectivity index (χ1n) is 6.73. The molecule has 0 spiro atoms. The van der Waals surface area contributed by atoms with Gasteiger partial charge in [0.05, 0.1) is 6.54 Å². The summed E-state index contributed by atoms with van der Waals surface area (Å²) in [6.45, 7) is 1.15. The number of carbonyl (C=O) groups is 1. The molecule has 0 aliphatic carbocycles. The van der Waals surface area contributed by atoms with Gasteiger partial charge in [0.15, 0.2) is 0 Å². The van der Waals surface area contributed by atoms with Gasteiger partial charge in [-0.05, 0) is 23.7 Å². The Morgan fingerprint density at radius 3 is 2.40 bits per heavy atom. The van der Waals surface area contributed by atoms with Crippen LogP contribution in [0.1, 0.15) is 5.56 Å². The standard InChI is InChI=1S/C17H20N2O/c1-18-17(20)13-19(2)12-15-10-6-7-11-16(15)14-8-4-3-5-9-14/h3-11H,12-13H2,1-2H3,(H,18,20). The summed E-state index contributed by atoms with van der Waals surface area (Å²) in [4.78, 5) is 13.4. The summed E-state index contributed by atoms with van der Waals surface area (Å²) in [7, 11) is 3.62. The summed E-state index contributed by atoms with van der Waals surface area (Å²) < 4.78 is 0. The molecule has 1 N–H and O–H groups in total. The van der Waals surface area contributed by atoms with Crippen molar-refractivity contribution in [2.24, 2.45) is 0 Å². The fraction of sp³-hybridized carbons (Fsp3) is 0.235. The molecule has 0 saturated carbocycles. The Kier molecular flexibility index (Phi) is 4.91. The molecule has 0 radical (unpaired) electrons. The fourth-order valence-electron chi connectivity index (χ4n) is 2.23. The summed E-state index contributed by atoms with van der Waals surface area (Å²) in [6, 6.07) is 18.6. The van der Waals surface area contributed by atoms with Crippen molar-refractivity contribution in [3.8, 4) is 11.1 Å². The van der Waals surface area contributed by atoms with Gasteiger partial charge >= 0.3 is 0 Å². The van der Waals surface area contributed by atoms with Crippen LogP contribution in [-0.2, 0) is 11.3 Å². The van der Waals surface area contributed by atoms with Crippen LogP contribution in [0.3, 0.4) is 0 Å². The van der Waals surface area contributed by atoms with Crippen LogP contribution in [0.15, 0.2) is 54.6 Å². The zero-order valence-electron chi connectivity index (χ0n) is 12.0. The summed E-state index contributed by atoms with van der Waals surface area (Å²) in [6.07, 6.45) is 0. The molecule has 1 amide bonds. The Morgan fingerprint density at radius 2 is 1.70 bits per heavy atom. The SMILES string of the molecule is CNC(=O)CN(C)Cc1ccccc1-c1ccccc1. The minimum absolute atomic E-state index is 0.0321. The maximum absolute atomic E-state index is 11.4. The van der Waals surface area contributed by atoms with Gasteiger partial charge in [-0.1, -0.05) is 54.6 Å². The highest BCUT2D eigenvalue weighted by Gasteiger charge is 2.09. The van der Waals surface area contributed by atoms with Crippen LogP contribution < -0.4 is 5.32 Å². The van der Waals surface area contributed by atoms with Crippen molar-refractivity contribution in [1.82, 2.24) is 10.2 Å². The van der Waals surface area contributed by atoms with E-state index in [9.17, 15) is 4.79 Å². The van der Waals surface area contributed by atoms with Crippen molar-refractivity contribution in [2.75, 3.05) is 20.6 Å². The van der Waals surface area contributed by atoms with E-state index >= 15 is 0 Å². The molecule has 0 aromatic heterocycles. The molecule has 0 aliphatic heterocycles. The highest BCUT2D eigenvalue weighted by molar-refractivity contribution is 5.77. The van der Waals surface area contributed by atoms with Gasteiger partial charge in [-0.15, -0.1) is 0 Å². The van der Waals surface area contributed by atoms with Gasteiger partial charge in [-0.2, -0.15) is 0 Å². The highest BCUT2D eigenvalue weighted by atomic mass is 16.1. The van der Waals surface area contributed by atoms with Crippen LogP contribution in [0.4, 0.5) is 0 Å². The lowest BCUT2D eigenvalue weighted by Crippen LogP contribution is -2.32. The molecule has 20 heavy (non-hydrogen) atoms. The maximum atomic E-state index is 11.4. The van der Waals surface area contributed by atoms with E-state index in [1.165, 1.54) is 16.7 Å². The Balaban J connectivity index is 2.19. The molecule has 2 rings (SSSR count). The van der Waals surface area contributed by atoms with Crippen LogP contribution in [0, 0.1) is 0 Å². The molecule has 0 bridgehead atoms. The quantitative estimate of drug-likeness (QED) is 0.903. The Morgan fingerprint density at radius 1 is 1.05 bits per heavy atom. The third-order valence-corrected chi connectivity index (χ3v) is 3.23. The second kappa shape index (κ2) is 6.87.